The monoisotopic (exact) mass is 425 g/mol. The van der Waals surface area contributed by atoms with E-state index in [2.05, 4.69) is 28.0 Å². The summed E-state index contributed by atoms with van der Waals surface area (Å²) in [6.07, 6.45) is 3.38. The smallest absolute Gasteiger partial charge is 0.290 e. The van der Waals surface area contributed by atoms with Gasteiger partial charge in [-0.25, -0.2) is 4.68 Å². The number of aromatic nitrogens is 3. The maximum atomic E-state index is 12.8. The van der Waals surface area contributed by atoms with E-state index in [1.54, 1.807) is 31.2 Å². The molecule has 0 aliphatic carbocycles. The molecule has 0 fully saturated rings. The van der Waals surface area contributed by atoms with Gasteiger partial charge in [-0.15, -0.1) is 0 Å². The van der Waals surface area contributed by atoms with Gasteiger partial charge in [0.1, 0.15) is 5.76 Å². The average molecular weight is 425 g/mol. The summed E-state index contributed by atoms with van der Waals surface area (Å²) in [7, 11) is 0. The first-order chi connectivity index (χ1) is 14.9. The number of hydrazine groups is 1. The Morgan fingerprint density at radius 3 is 2.52 bits per heavy atom. The lowest BCUT2D eigenvalue weighted by Gasteiger charge is -2.12. The molecule has 0 unspecified atom stereocenters. The van der Waals surface area contributed by atoms with Gasteiger partial charge >= 0.3 is 0 Å². The molecule has 2 N–H and O–H groups in total. The molecule has 0 spiro atoms. The zero-order valence-corrected chi connectivity index (χ0v) is 18.0. The molecule has 31 heavy (non-hydrogen) atoms. The van der Waals surface area contributed by atoms with Crippen molar-refractivity contribution < 1.29 is 14.1 Å². The van der Waals surface area contributed by atoms with E-state index in [9.17, 15) is 14.4 Å². The molecular formula is C22H27N5O4. The van der Waals surface area contributed by atoms with Crippen molar-refractivity contribution in [2.45, 2.75) is 59.4 Å². The van der Waals surface area contributed by atoms with Gasteiger partial charge in [-0.1, -0.05) is 43.1 Å². The van der Waals surface area contributed by atoms with Crippen molar-refractivity contribution >= 4 is 22.6 Å². The third kappa shape index (κ3) is 5.17. The molecule has 9 nitrogen and oxygen atoms in total. The van der Waals surface area contributed by atoms with Crippen LogP contribution in [0.1, 0.15) is 60.1 Å². The van der Waals surface area contributed by atoms with Crippen LogP contribution in [0.5, 0.6) is 0 Å². The molecule has 164 valence electrons. The quantitative estimate of drug-likeness (QED) is 0.423. The number of rotatable bonds is 8. The van der Waals surface area contributed by atoms with E-state index in [1.165, 1.54) is 4.68 Å². The van der Waals surface area contributed by atoms with E-state index in [-0.39, 0.29) is 23.6 Å². The van der Waals surface area contributed by atoms with Crippen LogP contribution >= 0.6 is 0 Å². The van der Waals surface area contributed by atoms with E-state index in [1.807, 2.05) is 6.92 Å². The zero-order chi connectivity index (χ0) is 22.4. The number of hydrogen-bond donors (Lipinski definition) is 2. The van der Waals surface area contributed by atoms with Crippen molar-refractivity contribution in [1.29, 1.82) is 0 Å². The summed E-state index contributed by atoms with van der Waals surface area (Å²) < 4.78 is 6.42. The Bertz CT molecular complexity index is 1130. The Balaban J connectivity index is 1.71. The van der Waals surface area contributed by atoms with E-state index >= 15 is 0 Å². The summed E-state index contributed by atoms with van der Waals surface area (Å²) in [4.78, 5) is 37.7. The van der Waals surface area contributed by atoms with Crippen molar-refractivity contribution in [2.24, 2.45) is 0 Å². The first kappa shape index (κ1) is 22.2. The van der Waals surface area contributed by atoms with Gasteiger partial charge < -0.3 is 4.52 Å². The summed E-state index contributed by atoms with van der Waals surface area (Å²) >= 11 is 0. The largest absolute Gasteiger partial charge is 0.361 e. The Kier molecular flexibility index (Phi) is 7.17. The lowest BCUT2D eigenvalue weighted by molar-refractivity contribution is -0.121. The molecule has 2 aromatic heterocycles. The molecule has 3 aromatic rings. The van der Waals surface area contributed by atoms with E-state index in [0.29, 0.717) is 29.5 Å². The number of amides is 2. The van der Waals surface area contributed by atoms with E-state index in [4.69, 9.17) is 4.52 Å². The Morgan fingerprint density at radius 1 is 1.10 bits per heavy atom. The van der Waals surface area contributed by atoms with Crippen molar-refractivity contribution in [1.82, 2.24) is 25.8 Å². The van der Waals surface area contributed by atoms with Gasteiger partial charge in [0.25, 0.3) is 11.5 Å². The lowest BCUT2D eigenvalue weighted by atomic mass is 10.1. The van der Waals surface area contributed by atoms with E-state index < -0.39 is 5.91 Å². The van der Waals surface area contributed by atoms with Crippen LogP contribution in [-0.2, 0) is 17.8 Å². The summed E-state index contributed by atoms with van der Waals surface area (Å²) in [5.74, 6) is -0.254. The van der Waals surface area contributed by atoms with Gasteiger partial charge in [0, 0.05) is 23.9 Å². The summed E-state index contributed by atoms with van der Waals surface area (Å²) in [6.45, 7) is 6.12. The lowest BCUT2D eigenvalue weighted by Crippen LogP contribution is -2.43. The second-order valence-corrected chi connectivity index (χ2v) is 7.43. The number of nitrogens with zero attached hydrogens (tertiary/aromatic N) is 3. The highest BCUT2D eigenvalue weighted by Gasteiger charge is 2.17. The molecule has 0 saturated carbocycles. The molecule has 0 bridgehead atoms. The molecule has 9 heteroatoms. The summed E-state index contributed by atoms with van der Waals surface area (Å²) in [5.41, 5.74) is 6.32. The zero-order valence-electron chi connectivity index (χ0n) is 18.0. The van der Waals surface area contributed by atoms with Crippen molar-refractivity contribution in [2.75, 3.05) is 0 Å². The van der Waals surface area contributed by atoms with E-state index in [0.717, 1.165) is 30.5 Å². The highest BCUT2D eigenvalue weighted by molar-refractivity contribution is 6.05. The highest BCUT2D eigenvalue weighted by Crippen LogP contribution is 2.15. The third-order valence-corrected chi connectivity index (χ3v) is 5.16. The number of nitrogens with one attached hydrogen (secondary N) is 2. The van der Waals surface area contributed by atoms with Crippen LogP contribution in [0.4, 0.5) is 0 Å². The van der Waals surface area contributed by atoms with Crippen molar-refractivity contribution in [3.8, 4) is 0 Å². The number of benzene rings is 1. The molecule has 2 amide bonds. The first-order valence-electron chi connectivity index (χ1n) is 10.4. The predicted octanol–water partition coefficient (Wildman–Crippen LogP) is 2.59. The normalized spacial score (nSPS) is 10.9. The van der Waals surface area contributed by atoms with Crippen LogP contribution < -0.4 is 16.4 Å². The fraction of sp³-hybridized carbons (Fsp3) is 0.409. The van der Waals surface area contributed by atoms with Gasteiger partial charge in [-0.2, -0.15) is 5.10 Å². The summed E-state index contributed by atoms with van der Waals surface area (Å²) in [6, 6.07) is 6.84. The van der Waals surface area contributed by atoms with Gasteiger partial charge in [-0.05, 0) is 32.8 Å². The third-order valence-electron chi connectivity index (χ3n) is 5.16. The van der Waals surface area contributed by atoms with Gasteiger partial charge in [-0.3, -0.25) is 25.2 Å². The Morgan fingerprint density at radius 2 is 1.84 bits per heavy atom. The molecule has 0 aliphatic rings. The number of carbonyl (C=O) groups excluding carboxylic acids is 2. The second kappa shape index (κ2) is 10.0. The molecular weight excluding hydrogens is 398 g/mol. The fourth-order valence-corrected chi connectivity index (χ4v) is 3.41. The fourth-order valence-electron chi connectivity index (χ4n) is 3.41. The molecule has 2 heterocycles. The van der Waals surface area contributed by atoms with Gasteiger partial charge in [0.2, 0.25) is 5.91 Å². The van der Waals surface area contributed by atoms with Crippen LogP contribution in [0.3, 0.4) is 0 Å². The molecule has 1 aromatic carbocycles. The number of fused-ring (bicyclic) bond motifs is 1. The minimum Gasteiger partial charge on any atom is -0.361 e. The molecule has 3 rings (SSSR count). The van der Waals surface area contributed by atoms with Gasteiger partial charge in [0.05, 0.1) is 11.1 Å². The average Bonchev–Trinajstić information content (AvgIpc) is 3.09. The Hall–Kier alpha value is -3.49. The Labute approximate surface area is 179 Å². The molecule has 0 aliphatic heterocycles. The number of carbonyl (C=O) groups is 2. The minimum absolute atomic E-state index is 0.0951. The number of hydrogen-bond acceptors (Lipinski definition) is 6. The second-order valence-electron chi connectivity index (χ2n) is 7.43. The number of unbranched alkanes of at least 4 members (excludes halogenated alkanes) is 2. The van der Waals surface area contributed by atoms with Crippen LogP contribution in [0, 0.1) is 13.8 Å². The maximum Gasteiger partial charge on any atom is 0.290 e. The predicted molar refractivity (Wildman–Crippen MR) is 115 cm³/mol. The van der Waals surface area contributed by atoms with Crippen molar-refractivity contribution in [3.63, 3.8) is 0 Å². The molecule has 0 saturated heterocycles. The van der Waals surface area contributed by atoms with Crippen LogP contribution in [-0.4, -0.2) is 26.8 Å². The van der Waals surface area contributed by atoms with Crippen LogP contribution in [0.15, 0.2) is 33.6 Å². The standard InChI is InChI=1S/C22H27N5O4/c1-4-5-8-13-27-22(30)18-10-7-6-9-17(18)20(25-27)21(29)24-23-19(28)12-11-16-14(2)26-31-15(16)3/h6-7,9-10H,4-5,8,11-13H2,1-3H3,(H,23,28)(H,24,29). The highest BCUT2D eigenvalue weighted by atomic mass is 16.5. The molecule has 0 radical (unpaired) electrons. The first-order valence-corrected chi connectivity index (χ1v) is 10.4. The van der Waals surface area contributed by atoms with Crippen molar-refractivity contribution in [3.05, 3.63) is 57.3 Å². The SMILES string of the molecule is CCCCCn1nc(C(=O)NNC(=O)CCc2c(C)noc2C)c2ccccc2c1=O. The van der Waals surface area contributed by atoms with Crippen LogP contribution in [0.2, 0.25) is 0 Å². The van der Waals surface area contributed by atoms with Crippen LogP contribution in [0.25, 0.3) is 10.8 Å². The minimum atomic E-state index is -0.578. The van der Waals surface area contributed by atoms with Gasteiger partial charge in [0.15, 0.2) is 5.69 Å². The topological polar surface area (TPSA) is 119 Å². The summed E-state index contributed by atoms with van der Waals surface area (Å²) in [5, 5.41) is 9.01. The number of aryl methyl sites for hydroxylation is 3. The maximum absolute atomic E-state index is 12.8. The molecule has 0 atom stereocenters.